The average Bonchev–Trinajstić information content (AvgIpc) is 0.943. The number of hydrogen-bond acceptors (Lipinski definition) is 27. The molecule has 0 radical (unpaired) electrons. The van der Waals surface area contributed by atoms with Gasteiger partial charge in [-0.1, -0.05) is 37.1 Å². The molecule has 8 aliphatic rings. The Morgan fingerprint density at radius 2 is 1.00 bits per heavy atom. The average molecular weight is 1510 g/mol. The maximum Gasteiger partial charge on any atom is 0.358 e. The Kier molecular flexibility index (Phi) is 20.9. The fraction of sp³-hybridized carbons (Fsp3) is 0.350. The van der Waals surface area contributed by atoms with E-state index in [1.807, 2.05) is 83.4 Å². The summed E-state index contributed by atoms with van der Waals surface area (Å²) in [7, 11) is 4.33. The summed E-state index contributed by atoms with van der Waals surface area (Å²) in [4.78, 5) is 87.7. The van der Waals surface area contributed by atoms with E-state index < -0.39 is 17.8 Å². The number of pyridine rings is 6. The molecule has 9 N–H and O–H groups in total. The number of nitrogens with one attached hydrogen (secondary N) is 2. The minimum Gasteiger partial charge on any atom is -0.476 e. The third kappa shape index (κ3) is 15.9. The van der Waals surface area contributed by atoms with Crippen LogP contribution in [0.25, 0.3) is 57.0 Å². The fourth-order valence-corrected chi connectivity index (χ4v) is 15.8. The van der Waals surface area contributed by atoms with Crippen LogP contribution in [-0.4, -0.2) is 188 Å². The van der Waals surface area contributed by atoms with Crippen molar-refractivity contribution in [3.05, 3.63) is 198 Å². The molecule has 12 aromatic heterocycles. The van der Waals surface area contributed by atoms with Crippen LogP contribution in [0.4, 0.5) is 33.5 Å². The van der Waals surface area contributed by atoms with Crippen LogP contribution in [0, 0.1) is 64.1 Å². The molecule has 8 fully saturated rings. The number of hydrogen-bond donors (Lipinski definition) is 6. The summed E-state index contributed by atoms with van der Waals surface area (Å²) in [5.41, 5.74) is 28.2. The predicted molar refractivity (Wildman–Crippen MR) is 416 cm³/mol. The minimum atomic E-state index is -1.26. The largest absolute Gasteiger partial charge is 0.476 e. The van der Waals surface area contributed by atoms with Crippen molar-refractivity contribution in [1.29, 1.82) is 10.5 Å². The SMILES string of the molecule is C1CC2(C1)CNC2.CN1CC2(C1)CN(c1cccc(CN)n1)C2.Cc1cnc2ccc(-c3nc(C(=O)NCc4cccc(N5CC6(CN(C)C6)C5)n4)c(N)nc3-c3ncco3)cn12.Cc1cnc2ccc(-c3nc(C(=O)O)c(N)nc3-c3ncco3)cn12.N#Cc1cccc(F)n1.N#Cc1cccc(N2CC3(CCC3)C2)n1. The zero-order valence-electron chi connectivity index (χ0n) is 62.6. The number of aromatic carboxylic acids is 1. The molecular weight excluding hydrogens is 1420 g/mol. The van der Waals surface area contributed by atoms with E-state index >= 15 is 0 Å². The second kappa shape index (κ2) is 31.3. The number of imidazole rings is 2. The Labute approximate surface area is 644 Å². The maximum absolute atomic E-state index is 13.3. The lowest BCUT2D eigenvalue weighted by atomic mass is 9.63. The molecule has 6 aliphatic heterocycles. The highest BCUT2D eigenvalue weighted by molar-refractivity contribution is 5.98. The van der Waals surface area contributed by atoms with E-state index in [-0.39, 0.29) is 52.7 Å². The van der Waals surface area contributed by atoms with Gasteiger partial charge >= 0.3 is 5.97 Å². The summed E-state index contributed by atoms with van der Waals surface area (Å²) in [6.07, 6.45) is 21.7. The topological polar surface area (TPSA) is 410 Å². The number of likely N-dealkylation sites (tertiary alicyclic amines) is 2. The van der Waals surface area contributed by atoms with E-state index in [1.165, 1.54) is 108 Å². The number of nitrogens with two attached hydrogens (primary N) is 3. The smallest absolute Gasteiger partial charge is 0.358 e. The first-order valence-electron chi connectivity index (χ1n) is 37.1. The number of carboxylic acid groups (broad SMARTS) is 1. The number of nitriles is 2. The molecule has 0 unspecified atom stereocenters. The molecule has 20 rings (SSSR count). The van der Waals surface area contributed by atoms with Crippen LogP contribution >= 0.6 is 0 Å². The number of carbonyl (C=O) groups is 2. The van der Waals surface area contributed by atoms with Gasteiger partial charge in [-0.15, -0.1) is 0 Å². The van der Waals surface area contributed by atoms with Gasteiger partial charge in [0, 0.05) is 149 Å². The Bertz CT molecular complexity index is 5480. The van der Waals surface area contributed by atoms with Gasteiger partial charge in [-0.2, -0.15) is 14.9 Å². The molecule has 6 saturated heterocycles. The molecule has 18 heterocycles. The molecule has 112 heavy (non-hydrogen) atoms. The summed E-state index contributed by atoms with van der Waals surface area (Å²) in [6, 6.07) is 32.8. The summed E-state index contributed by atoms with van der Waals surface area (Å²) >= 11 is 0. The first kappa shape index (κ1) is 74.7. The van der Waals surface area contributed by atoms with Crippen molar-refractivity contribution in [3.63, 3.8) is 0 Å². The highest BCUT2D eigenvalue weighted by atomic mass is 19.1. The molecule has 2 aliphatic carbocycles. The molecule has 12 aromatic rings. The summed E-state index contributed by atoms with van der Waals surface area (Å²) in [5.74, 6) is 0.886. The third-order valence-corrected chi connectivity index (χ3v) is 21.7. The van der Waals surface area contributed by atoms with E-state index in [9.17, 15) is 19.1 Å². The van der Waals surface area contributed by atoms with Crippen molar-refractivity contribution in [1.82, 2.24) is 89.0 Å². The van der Waals surface area contributed by atoms with Gasteiger partial charge in [-0.05, 0) is 132 Å². The first-order chi connectivity index (χ1) is 54.2. The number of oxazole rings is 2. The van der Waals surface area contributed by atoms with E-state index in [0.29, 0.717) is 56.7 Å². The second-order valence-electron chi connectivity index (χ2n) is 30.4. The van der Waals surface area contributed by atoms with Crippen molar-refractivity contribution in [2.24, 2.45) is 27.4 Å². The molecule has 31 nitrogen and oxygen atoms in total. The quantitative estimate of drug-likeness (QED) is 0.0624. The lowest BCUT2D eigenvalue weighted by Crippen LogP contribution is -2.71. The highest BCUT2D eigenvalue weighted by Crippen LogP contribution is 2.49. The standard InChI is InChI=1S/C28H28N10O2.C16H12N6O3.C12H18N4.C12H13N3.C6H3FN2.C6H11N/c1-17-10-31-20-7-6-18(12-38(17)20)22-23(27-30-8-9-40-27)35-25(29)24(34-22)26(39)32-11-19-4-3-5-21(33-19)37-15-28(16-37)13-36(2)14-28;1-8-6-19-10-3-2-9(7-22(8)10)11-12(15-18-4-5-25-15)21-14(17)13(20-11)16(23)24;1-15-6-12(7-15)8-16(9-12)11-4-2-3-10(5-13)14-11;13-7-10-3-1-4-11(14-10)15-8-12(9-15)5-2-6-12;7-6-3-1-2-5(4-8)9-6;1-2-6(3-1)4-7-5-6/h3-10,12H,11,13-16H2,1-2H3,(H2,29,35)(H,32,39);2-7H,1H3,(H2,17,21)(H,23,24);2-4H,5-9,13H2,1H3;1,3-4H,2,5-6,8-9H2;1-3H;7H,1-5H2. The summed E-state index contributed by atoms with van der Waals surface area (Å²) < 4.78 is 26.7. The van der Waals surface area contributed by atoms with Crippen LogP contribution in [0.1, 0.15) is 93.7 Å². The Hall–Kier alpha value is -12.8. The van der Waals surface area contributed by atoms with Crippen molar-refractivity contribution < 1.29 is 27.9 Å². The van der Waals surface area contributed by atoms with Crippen LogP contribution in [0.5, 0.6) is 0 Å². The number of carbonyl (C=O) groups excluding carboxylic acids is 1. The van der Waals surface area contributed by atoms with Gasteiger partial charge in [-0.25, -0.2) is 64.6 Å². The molecule has 0 atom stereocenters. The number of nitrogen functional groups attached to an aromatic ring is 2. The summed E-state index contributed by atoms with van der Waals surface area (Å²) in [5, 5.41) is 32.5. The van der Waals surface area contributed by atoms with Gasteiger partial charge in [0.2, 0.25) is 17.7 Å². The van der Waals surface area contributed by atoms with Gasteiger partial charge in [0.05, 0.1) is 30.3 Å². The number of halogens is 1. The molecule has 0 bridgehead atoms. The monoisotopic (exact) mass is 1510 g/mol. The molecule has 0 aromatic carbocycles. The van der Waals surface area contributed by atoms with E-state index in [0.717, 1.165) is 109 Å². The van der Waals surface area contributed by atoms with Crippen LogP contribution in [-0.2, 0) is 13.1 Å². The minimum absolute atomic E-state index is 0.0164. The normalized spacial score (nSPS) is 17.3. The van der Waals surface area contributed by atoms with Gasteiger partial charge in [0.25, 0.3) is 5.91 Å². The van der Waals surface area contributed by atoms with Crippen LogP contribution < -0.4 is 42.5 Å². The van der Waals surface area contributed by atoms with Crippen LogP contribution in [0.15, 0.2) is 156 Å². The molecule has 572 valence electrons. The van der Waals surface area contributed by atoms with Gasteiger partial charge in [0.1, 0.15) is 76.2 Å². The highest BCUT2D eigenvalue weighted by Gasteiger charge is 2.52. The lowest BCUT2D eigenvalue weighted by molar-refractivity contribution is -0.00287. The molecule has 2 saturated carbocycles. The van der Waals surface area contributed by atoms with E-state index in [2.05, 4.69) is 116 Å². The van der Waals surface area contributed by atoms with Crippen molar-refractivity contribution in [3.8, 4) is 57.8 Å². The Morgan fingerprint density at radius 1 is 0.545 bits per heavy atom. The molecule has 4 spiro atoms. The number of amides is 1. The molecule has 1 amide bonds. The lowest BCUT2D eigenvalue weighted by Gasteiger charge is -2.60. The molecular formula is C80H85FN26O5. The number of nitrogens with zero attached hydrogens (tertiary/aromatic N) is 21. The number of fused-ring (bicyclic) bond motifs is 2. The van der Waals surface area contributed by atoms with Crippen molar-refractivity contribution >= 4 is 52.3 Å². The first-order valence-corrected chi connectivity index (χ1v) is 37.1. The van der Waals surface area contributed by atoms with E-state index in [1.54, 1.807) is 42.9 Å². The fourth-order valence-electron chi connectivity index (χ4n) is 15.8. The zero-order valence-corrected chi connectivity index (χ0v) is 62.6. The Morgan fingerprint density at radius 3 is 1.42 bits per heavy atom. The maximum atomic E-state index is 13.3. The van der Waals surface area contributed by atoms with Gasteiger partial charge in [-0.3, -0.25) is 4.79 Å². The third-order valence-electron chi connectivity index (χ3n) is 21.7. The number of anilines is 5. The number of aryl methyl sites for hydroxylation is 2. The number of carboxylic acids is 1. The van der Waals surface area contributed by atoms with Gasteiger partial charge in [0.15, 0.2) is 34.4 Å². The number of rotatable bonds is 12. The van der Waals surface area contributed by atoms with Crippen LogP contribution in [0.2, 0.25) is 0 Å². The second-order valence-corrected chi connectivity index (χ2v) is 30.4. The van der Waals surface area contributed by atoms with Crippen LogP contribution in [0.3, 0.4) is 0 Å². The predicted octanol–water partition coefficient (Wildman–Crippen LogP) is 8.54. The van der Waals surface area contributed by atoms with Gasteiger partial charge < -0.3 is 75.1 Å². The van der Waals surface area contributed by atoms with E-state index in [4.69, 9.17) is 41.5 Å². The molecule has 32 heteroatoms. The van der Waals surface area contributed by atoms with Crippen molar-refractivity contribution in [2.45, 2.75) is 65.5 Å². The zero-order chi connectivity index (χ0) is 77.9. The number of aromatic nitrogens is 14. The summed E-state index contributed by atoms with van der Waals surface area (Å²) in [6.45, 7) is 18.6. The Balaban J connectivity index is 0.000000117. The van der Waals surface area contributed by atoms with Crippen molar-refractivity contribution in [2.75, 3.05) is 119 Å².